The van der Waals surface area contributed by atoms with Crippen molar-refractivity contribution in [2.45, 2.75) is 18.9 Å². The van der Waals surface area contributed by atoms with Crippen molar-refractivity contribution in [2.24, 2.45) is 5.92 Å². The molecule has 0 radical (unpaired) electrons. The molecule has 1 aromatic rings. The zero-order chi connectivity index (χ0) is 13.0. The molecule has 5 heteroatoms. The van der Waals surface area contributed by atoms with Gasteiger partial charge in [0.05, 0.1) is 0 Å². The van der Waals surface area contributed by atoms with Crippen LogP contribution in [0.25, 0.3) is 0 Å². The van der Waals surface area contributed by atoms with Gasteiger partial charge in [0, 0.05) is 6.54 Å². The maximum atomic E-state index is 11.6. The lowest BCUT2D eigenvalue weighted by Crippen LogP contribution is -2.41. The molecule has 2 rings (SSSR count). The SMILES string of the molecule is O=C(NCC1CC1)N[C@H](C(=O)O)c1ccccc1. The van der Waals surface area contributed by atoms with Gasteiger partial charge in [-0.1, -0.05) is 30.3 Å². The lowest BCUT2D eigenvalue weighted by atomic mass is 10.1. The third-order valence-electron chi connectivity index (χ3n) is 2.90. The first-order valence-electron chi connectivity index (χ1n) is 5.99. The Balaban J connectivity index is 1.93. The van der Waals surface area contributed by atoms with E-state index < -0.39 is 18.0 Å². The summed E-state index contributed by atoms with van der Waals surface area (Å²) in [5.74, 6) is -0.501. The predicted octanol–water partition coefficient (Wildman–Crippen LogP) is 1.52. The van der Waals surface area contributed by atoms with Crippen LogP contribution in [0.5, 0.6) is 0 Å². The van der Waals surface area contributed by atoms with Crippen LogP contribution in [0, 0.1) is 5.92 Å². The smallest absolute Gasteiger partial charge is 0.330 e. The number of hydrogen-bond donors (Lipinski definition) is 3. The molecule has 0 spiro atoms. The summed E-state index contributed by atoms with van der Waals surface area (Å²) in [5, 5.41) is 14.3. The van der Waals surface area contributed by atoms with Crippen molar-refractivity contribution >= 4 is 12.0 Å². The summed E-state index contributed by atoms with van der Waals surface area (Å²) < 4.78 is 0. The van der Waals surface area contributed by atoms with Crippen molar-refractivity contribution in [1.82, 2.24) is 10.6 Å². The minimum absolute atomic E-state index is 0.432. The van der Waals surface area contributed by atoms with E-state index in [9.17, 15) is 9.59 Å². The van der Waals surface area contributed by atoms with Crippen molar-refractivity contribution in [1.29, 1.82) is 0 Å². The molecular weight excluding hydrogens is 232 g/mol. The highest BCUT2D eigenvalue weighted by molar-refractivity contribution is 5.83. The molecule has 0 unspecified atom stereocenters. The molecule has 1 aliphatic carbocycles. The summed E-state index contributed by atoms with van der Waals surface area (Å²) in [6.07, 6.45) is 2.28. The molecule has 96 valence electrons. The van der Waals surface area contributed by atoms with Crippen LogP contribution in [0.4, 0.5) is 4.79 Å². The molecule has 1 fully saturated rings. The number of amides is 2. The van der Waals surface area contributed by atoms with Gasteiger partial charge in [0.15, 0.2) is 6.04 Å². The second-order valence-corrected chi connectivity index (χ2v) is 4.48. The molecule has 1 saturated carbocycles. The number of carbonyl (C=O) groups is 2. The number of aliphatic carboxylic acids is 1. The van der Waals surface area contributed by atoms with E-state index in [1.165, 1.54) is 0 Å². The quantitative estimate of drug-likeness (QED) is 0.739. The number of carboxylic acid groups (broad SMARTS) is 1. The van der Waals surface area contributed by atoms with Crippen LogP contribution in [0.2, 0.25) is 0 Å². The van der Waals surface area contributed by atoms with Gasteiger partial charge >= 0.3 is 12.0 Å². The average molecular weight is 248 g/mol. The molecule has 1 aromatic carbocycles. The van der Waals surface area contributed by atoms with Gasteiger partial charge in [-0.2, -0.15) is 0 Å². The molecule has 0 saturated heterocycles. The number of rotatable bonds is 5. The summed E-state index contributed by atoms with van der Waals surface area (Å²) >= 11 is 0. The molecule has 1 atom stereocenters. The average Bonchev–Trinajstić information content (AvgIpc) is 3.18. The van der Waals surface area contributed by atoms with Crippen LogP contribution in [-0.2, 0) is 4.79 Å². The molecule has 2 amide bonds. The zero-order valence-corrected chi connectivity index (χ0v) is 9.93. The van der Waals surface area contributed by atoms with Crippen molar-refractivity contribution in [3.05, 3.63) is 35.9 Å². The number of urea groups is 1. The zero-order valence-electron chi connectivity index (χ0n) is 9.93. The number of carbonyl (C=O) groups excluding carboxylic acids is 1. The summed E-state index contributed by atoms with van der Waals surface area (Å²) in [7, 11) is 0. The third-order valence-corrected chi connectivity index (χ3v) is 2.90. The molecule has 18 heavy (non-hydrogen) atoms. The van der Waals surface area contributed by atoms with E-state index in [4.69, 9.17) is 5.11 Å². The van der Waals surface area contributed by atoms with Gasteiger partial charge in [0.25, 0.3) is 0 Å². The second kappa shape index (κ2) is 5.53. The molecular formula is C13H16N2O3. The normalized spacial score (nSPS) is 15.8. The molecule has 3 N–H and O–H groups in total. The Kier molecular flexibility index (Phi) is 3.82. The van der Waals surface area contributed by atoms with Gasteiger partial charge in [0.1, 0.15) is 0 Å². The number of carboxylic acids is 1. The maximum absolute atomic E-state index is 11.6. The van der Waals surface area contributed by atoms with Crippen LogP contribution >= 0.6 is 0 Å². The van der Waals surface area contributed by atoms with E-state index in [0.29, 0.717) is 18.0 Å². The van der Waals surface area contributed by atoms with Crippen LogP contribution < -0.4 is 10.6 Å². The lowest BCUT2D eigenvalue weighted by molar-refractivity contribution is -0.139. The summed E-state index contributed by atoms with van der Waals surface area (Å²) in [5.41, 5.74) is 0.562. The van der Waals surface area contributed by atoms with E-state index in [1.807, 2.05) is 0 Å². The van der Waals surface area contributed by atoms with E-state index >= 15 is 0 Å². The highest BCUT2D eigenvalue weighted by Gasteiger charge is 2.24. The standard InChI is InChI=1S/C13H16N2O3/c16-12(17)11(10-4-2-1-3-5-10)15-13(18)14-8-9-6-7-9/h1-5,9,11H,6-8H2,(H,16,17)(H2,14,15,18)/t11-/m0/s1. The molecule has 1 aliphatic rings. The monoisotopic (exact) mass is 248 g/mol. The van der Waals surface area contributed by atoms with Crippen LogP contribution in [-0.4, -0.2) is 23.7 Å². The van der Waals surface area contributed by atoms with Gasteiger partial charge < -0.3 is 15.7 Å². The maximum Gasteiger partial charge on any atom is 0.330 e. The molecule has 0 aromatic heterocycles. The Bertz CT molecular complexity index is 429. The Morgan fingerprint density at radius 3 is 2.50 bits per heavy atom. The minimum atomic E-state index is -1.07. The summed E-state index contributed by atoms with van der Waals surface area (Å²) in [6.45, 7) is 0.618. The van der Waals surface area contributed by atoms with Gasteiger partial charge in [0.2, 0.25) is 0 Å². The first-order chi connectivity index (χ1) is 8.66. The van der Waals surface area contributed by atoms with Crippen molar-refractivity contribution in [3.63, 3.8) is 0 Å². The largest absolute Gasteiger partial charge is 0.479 e. The fraction of sp³-hybridized carbons (Fsp3) is 0.385. The third kappa shape index (κ3) is 3.48. The predicted molar refractivity (Wildman–Crippen MR) is 66.1 cm³/mol. The van der Waals surface area contributed by atoms with Crippen LogP contribution in [0.1, 0.15) is 24.4 Å². The Hall–Kier alpha value is -2.04. The topological polar surface area (TPSA) is 78.4 Å². The minimum Gasteiger partial charge on any atom is -0.479 e. The highest BCUT2D eigenvalue weighted by Crippen LogP contribution is 2.27. The summed E-state index contributed by atoms with van der Waals surface area (Å²) in [4.78, 5) is 22.7. The first-order valence-corrected chi connectivity index (χ1v) is 5.99. The Labute approximate surface area is 105 Å². The van der Waals surface area contributed by atoms with Gasteiger partial charge in [-0.15, -0.1) is 0 Å². The fourth-order valence-electron chi connectivity index (χ4n) is 1.67. The molecule has 5 nitrogen and oxygen atoms in total. The highest BCUT2D eigenvalue weighted by atomic mass is 16.4. The molecule has 0 aliphatic heterocycles. The van der Waals surface area contributed by atoms with E-state index in [1.54, 1.807) is 30.3 Å². The van der Waals surface area contributed by atoms with Crippen LogP contribution in [0.3, 0.4) is 0 Å². The lowest BCUT2D eigenvalue weighted by Gasteiger charge is -2.15. The number of benzene rings is 1. The second-order valence-electron chi connectivity index (χ2n) is 4.48. The van der Waals surface area contributed by atoms with Gasteiger partial charge in [-0.25, -0.2) is 9.59 Å². The van der Waals surface area contributed by atoms with E-state index in [2.05, 4.69) is 10.6 Å². The molecule has 0 bridgehead atoms. The summed E-state index contributed by atoms with van der Waals surface area (Å²) in [6, 6.07) is 7.21. The fourth-order valence-corrected chi connectivity index (χ4v) is 1.67. The van der Waals surface area contributed by atoms with E-state index in [0.717, 1.165) is 12.8 Å². The Morgan fingerprint density at radius 1 is 1.28 bits per heavy atom. The van der Waals surface area contributed by atoms with Gasteiger partial charge in [-0.05, 0) is 24.3 Å². The van der Waals surface area contributed by atoms with Crippen molar-refractivity contribution in [3.8, 4) is 0 Å². The van der Waals surface area contributed by atoms with Crippen LogP contribution in [0.15, 0.2) is 30.3 Å². The Morgan fingerprint density at radius 2 is 1.94 bits per heavy atom. The van der Waals surface area contributed by atoms with Crippen molar-refractivity contribution in [2.75, 3.05) is 6.54 Å². The number of hydrogen-bond acceptors (Lipinski definition) is 2. The number of nitrogens with one attached hydrogen (secondary N) is 2. The van der Waals surface area contributed by atoms with E-state index in [-0.39, 0.29) is 0 Å². The van der Waals surface area contributed by atoms with Gasteiger partial charge in [-0.3, -0.25) is 0 Å². The first kappa shape index (κ1) is 12.4. The van der Waals surface area contributed by atoms with Crippen molar-refractivity contribution < 1.29 is 14.7 Å². The molecule has 0 heterocycles.